The van der Waals surface area contributed by atoms with E-state index in [4.69, 9.17) is 11.6 Å². The van der Waals surface area contributed by atoms with E-state index in [0.717, 1.165) is 60.7 Å². The SMILES string of the molecule is Cc1ncc(Cl)cc1NC(C)c1ccc(C(=O)NC(CC2CCCC2)C(=O)NC23CC(C2)C3)s1. The summed E-state index contributed by atoms with van der Waals surface area (Å²) in [6.45, 7) is 3.98. The summed E-state index contributed by atoms with van der Waals surface area (Å²) in [6.07, 6.45) is 10.4. The van der Waals surface area contributed by atoms with Crippen LogP contribution in [0.5, 0.6) is 0 Å². The van der Waals surface area contributed by atoms with Gasteiger partial charge in [-0.15, -0.1) is 11.3 Å². The molecule has 182 valence electrons. The molecule has 3 N–H and O–H groups in total. The standard InChI is InChI=1S/C26H33ClN4O2S/c1-15-20(10-19(27)14-28-15)29-16(2)22-7-8-23(34-22)25(33)30-21(9-17-5-3-4-6-17)24(32)31-26-11-18(12-26)13-26/h7-8,10,14,16-18,21,29H,3-6,9,11-13H2,1-2H3,(H,30,33)(H,31,32). The average molecular weight is 501 g/mol. The molecule has 2 amide bonds. The van der Waals surface area contributed by atoms with Crippen molar-refractivity contribution in [2.45, 2.75) is 82.8 Å². The summed E-state index contributed by atoms with van der Waals surface area (Å²) in [4.78, 5) is 32.3. The summed E-state index contributed by atoms with van der Waals surface area (Å²) in [7, 11) is 0. The van der Waals surface area contributed by atoms with Crippen LogP contribution in [0.1, 0.15) is 84.6 Å². The summed E-state index contributed by atoms with van der Waals surface area (Å²) in [5.74, 6) is 1.14. The number of nitrogens with one attached hydrogen (secondary N) is 3. The Morgan fingerprint density at radius 2 is 1.97 bits per heavy atom. The Labute approximate surface area is 210 Å². The normalized spacial score (nSPS) is 25.1. The van der Waals surface area contributed by atoms with Gasteiger partial charge in [0.1, 0.15) is 6.04 Å². The van der Waals surface area contributed by atoms with Crippen LogP contribution in [-0.2, 0) is 4.79 Å². The molecule has 2 unspecified atom stereocenters. The fraction of sp³-hybridized carbons (Fsp3) is 0.577. The quantitative estimate of drug-likeness (QED) is 0.417. The maximum Gasteiger partial charge on any atom is 0.262 e. The van der Waals surface area contributed by atoms with E-state index < -0.39 is 6.04 Å². The van der Waals surface area contributed by atoms with Crippen molar-refractivity contribution in [1.29, 1.82) is 0 Å². The molecule has 6 nitrogen and oxygen atoms in total. The second-order valence-corrected chi connectivity index (χ2v) is 12.1. The van der Waals surface area contributed by atoms with Crippen molar-refractivity contribution < 1.29 is 9.59 Å². The van der Waals surface area contributed by atoms with Gasteiger partial charge in [0.05, 0.1) is 27.3 Å². The molecule has 0 spiro atoms. The number of rotatable bonds is 9. The summed E-state index contributed by atoms with van der Waals surface area (Å²) in [6, 6.07) is 5.21. The van der Waals surface area contributed by atoms with Gasteiger partial charge in [0.15, 0.2) is 0 Å². The molecule has 2 atom stereocenters. The zero-order valence-corrected chi connectivity index (χ0v) is 21.4. The lowest BCUT2D eigenvalue weighted by molar-refractivity contribution is -0.135. The number of thiophene rings is 1. The number of amides is 2. The third-order valence-corrected chi connectivity index (χ3v) is 9.27. The van der Waals surface area contributed by atoms with Crippen molar-refractivity contribution in [1.82, 2.24) is 15.6 Å². The summed E-state index contributed by atoms with van der Waals surface area (Å²) < 4.78 is 0. The molecule has 4 saturated carbocycles. The van der Waals surface area contributed by atoms with E-state index in [9.17, 15) is 9.59 Å². The van der Waals surface area contributed by atoms with Crippen molar-refractivity contribution in [3.63, 3.8) is 0 Å². The molecule has 2 aromatic heterocycles. The first kappa shape index (κ1) is 23.6. The van der Waals surface area contributed by atoms with E-state index in [-0.39, 0.29) is 23.4 Å². The number of aryl methyl sites for hydroxylation is 1. The molecule has 0 radical (unpaired) electrons. The molecule has 2 bridgehead atoms. The molecule has 4 aliphatic rings. The topological polar surface area (TPSA) is 83.1 Å². The lowest BCUT2D eigenvalue weighted by atomic mass is 9.50. The highest BCUT2D eigenvalue weighted by Gasteiger charge is 2.57. The number of halogens is 1. The predicted octanol–water partition coefficient (Wildman–Crippen LogP) is 5.63. The molecule has 6 rings (SSSR count). The van der Waals surface area contributed by atoms with Crippen molar-refractivity contribution in [3.05, 3.63) is 44.9 Å². The molecule has 2 heterocycles. The number of pyridine rings is 1. The molecule has 0 saturated heterocycles. The average Bonchev–Trinajstić information content (AvgIpc) is 3.44. The molecule has 8 heteroatoms. The number of carbonyl (C=O) groups is 2. The van der Waals surface area contributed by atoms with Crippen LogP contribution in [-0.4, -0.2) is 28.4 Å². The van der Waals surface area contributed by atoms with Crippen LogP contribution in [0.2, 0.25) is 5.02 Å². The van der Waals surface area contributed by atoms with Gasteiger partial charge in [0, 0.05) is 16.6 Å². The molecule has 34 heavy (non-hydrogen) atoms. The molecule has 0 aromatic carbocycles. The molecular formula is C26H33ClN4O2S. The van der Waals surface area contributed by atoms with E-state index in [1.54, 1.807) is 6.20 Å². The Morgan fingerprint density at radius 3 is 2.65 bits per heavy atom. The summed E-state index contributed by atoms with van der Waals surface area (Å²) >= 11 is 7.55. The van der Waals surface area contributed by atoms with Crippen LogP contribution in [0, 0.1) is 18.8 Å². The van der Waals surface area contributed by atoms with Crippen LogP contribution in [0.3, 0.4) is 0 Å². The fourth-order valence-electron chi connectivity index (χ4n) is 5.69. The predicted molar refractivity (Wildman–Crippen MR) is 136 cm³/mol. The minimum Gasteiger partial charge on any atom is -0.376 e. The smallest absolute Gasteiger partial charge is 0.262 e. The monoisotopic (exact) mass is 500 g/mol. The Kier molecular flexibility index (Phi) is 6.60. The largest absolute Gasteiger partial charge is 0.376 e. The van der Waals surface area contributed by atoms with Crippen molar-refractivity contribution in [2.24, 2.45) is 11.8 Å². The lowest BCUT2D eigenvalue weighted by Gasteiger charge is -2.62. The Balaban J connectivity index is 1.23. The van der Waals surface area contributed by atoms with Crippen LogP contribution < -0.4 is 16.0 Å². The van der Waals surface area contributed by atoms with Gasteiger partial charge in [0.25, 0.3) is 5.91 Å². The van der Waals surface area contributed by atoms with Crippen molar-refractivity contribution in [2.75, 3.05) is 5.32 Å². The third-order valence-electron chi connectivity index (χ3n) is 7.80. The highest BCUT2D eigenvalue weighted by Crippen LogP contribution is 2.57. The van der Waals surface area contributed by atoms with E-state index in [1.807, 2.05) is 32.0 Å². The van der Waals surface area contributed by atoms with E-state index in [1.165, 1.54) is 24.2 Å². The van der Waals surface area contributed by atoms with Gasteiger partial charge < -0.3 is 16.0 Å². The number of carbonyl (C=O) groups excluding carboxylic acids is 2. The maximum absolute atomic E-state index is 13.2. The first-order chi connectivity index (χ1) is 16.3. The second-order valence-electron chi connectivity index (χ2n) is 10.5. The summed E-state index contributed by atoms with van der Waals surface area (Å²) in [5, 5.41) is 10.4. The minimum atomic E-state index is -0.467. The number of nitrogens with zero attached hydrogens (tertiary/aromatic N) is 1. The zero-order valence-electron chi connectivity index (χ0n) is 19.8. The molecule has 4 fully saturated rings. The highest BCUT2D eigenvalue weighted by atomic mass is 35.5. The number of hydrogen-bond acceptors (Lipinski definition) is 5. The van der Waals surface area contributed by atoms with Crippen molar-refractivity contribution >= 4 is 40.4 Å². The van der Waals surface area contributed by atoms with Gasteiger partial charge in [-0.3, -0.25) is 14.6 Å². The number of anilines is 1. The number of hydrogen-bond donors (Lipinski definition) is 3. The Hall–Kier alpha value is -2.12. The van der Waals surface area contributed by atoms with E-state index >= 15 is 0 Å². The van der Waals surface area contributed by atoms with Gasteiger partial charge in [0.2, 0.25) is 5.91 Å². The van der Waals surface area contributed by atoms with Crippen LogP contribution in [0.4, 0.5) is 5.69 Å². The van der Waals surface area contributed by atoms with E-state index in [0.29, 0.717) is 15.8 Å². The van der Waals surface area contributed by atoms with Crippen LogP contribution in [0.25, 0.3) is 0 Å². The van der Waals surface area contributed by atoms with Crippen molar-refractivity contribution in [3.8, 4) is 0 Å². The van der Waals surface area contributed by atoms with Gasteiger partial charge in [-0.05, 0) is 69.6 Å². The van der Waals surface area contributed by atoms with Gasteiger partial charge in [-0.2, -0.15) is 0 Å². The summed E-state index contributed by atoms with van der Waals surface area (Å²) in [5.41, 5.74) is 1.77. The fourth-order valence-corrected chi connectivity index (χ4v) is 6.76. The third kappa shape index (κ3) is 4.96. The first-order valence-corrected chi connectivity index (χ1v) is 13.6. The van der Waals surface area contributed by atoms with Crippen LogP contribution >= 0.6 is 22.9 Å². The molecule has 0 aliphatic heterocycles. The molecular weight excluding hydrogens is 468 g/mol. The first-order valence-electron chi connectivity index (χ1n) is 12.4. The van der Waals surface area contributed by atoms with Gasteiger partial charge >= 0.3 is 0 Å². The molecule has 2 aromatic rings. The zero-order chi connectivity index (χ0) is 23.9. The molecule has 4 aliphatic carbocycles. The van der Waals surface area contributed by atoms with E-state index in [2.05, 4.69) is 20.9 Å². The van der Waals surface area contributed by atoms with Gasteiger partial charge in [-0.25, -0.2) is 0 Å². The number of aromatic nitrogens is 1. The second kappa shape index (κ2) is 9.50. The lowest BCUT2D eigenvalue weighted by Crippen LogP contribution is -2.70. The Bertz CT molecular complexity index is 1060. The maximum atomic E-state index is 13.2. The Morgan fingerprint density at radius 1 is 1.24 bits per heavy atom. The minimum absolute atomic E-state index is 0.00542. The highest BCUT2D eigenvalue weighted by molar-refractivity contribution is 7.14. The van der Waals surface area contributed by atoms with Crippen LogP contribution in [0.15, 0.2) is 24.4 Å². The van der Waals surface area contributed by atoms with Gasteiger partial charge in [-0.1, -0.05) is 37.3 Å².